The fourth-order valence-corrected chi connectivity index (χ4v) is 2.07. The van der Waals surface area contributed by atoms with Crippen LogP contribution in [-0.4, -0.2) is 35.7 Å². The highest BCUT2D eigenvalue weighted by Crippen LogP contribution is 2.19. The van der Waals surface area contributed by atoms with Gasteiger partial charge in [0.2, 0.25) is 0 Å². The van der Waals surface area contributed by atoms with E-state index in [1.54, 1.807) is 6.07 Å². The van der Waals surface area contributed by atoms with E-state index in [-0.39, 0.29) is 0 Å². The lowest BCUT2D eigenvalue weighted by Gasteiger charge is -2.38. The molecule has 1 aliphatic rings. The standard InChI is InChI=1S/C13H20N2O/c1-2-7-15(12-8-14-9-12)10-11-5-3-4-6-13(11)16/h3-6,12,14,16H,2,7-10H2,1H3. The predicted octanol–water partition coefficient (Wildman–Crippen LogP) is 1.58. The number of nitrogens with one attached hydrogen (secondary N) is 1. The van der Waals surface area contributed by atoms with Gasteiger partial charge in [-0.2, -0.15) is 0 Å². The highest BCUT2D eigenvalue weighted by molar-refractivity contribution is 5.31. The molecule has 2 rings (SSSR count). The van der Waals surface area contributed by atoms with E-state index >= 15 is 0 Å². The van der Waals surface area contributed by atoms with Crippen LogP contribution in [0, 0.1) is 0 Å². The zero-order chi connectivity index (χ0) is 11.4. The Morgan fingerprint density at radius 3 is 2.69 bits per heavy atom. The topological polar surface area (TPSA) is 35.5 Å². The molecule has 1 fully saturated rings. The van der Waals surface area contributed by atoms with Crippen molar-refractivity contribution in [3.8, 4) is 5.75 Å². The van der Waals surface area contributed by atoms with Crippen molar-refractivity contribution in [2.75, 3.05) is 19.6 Å². The minimum Gasteiger partial charge on any atom is -0.508 e. The average Bonchev–Trinajstić information content (AvgIpc) is 2.19. The summed E-state index contributed by atoms with van der Waals surface area (Å²) >= 11 is 0. The molecule has 3 heteroatoms. The molecule has 1 saturated heterocycles. The van der Waals surface area contributed by atoms with E-state index in [2.05, 4.69) is 17.1 Å². The number of phenolic OH excluding ortho intramolecular Hbond substituents is 1. The van der Waals surface area contributed by atoms with Gasteiger partial charge in [-0.05, 0) is 19.0 Å². The Hall–Kier alpha value is -1.06. The van der Waals surface area contributed by atoms with Crippen LogP contribution in [0.15, 0.2) is 24.3 Å². The largest absolute Gasteiger partial charge is 0.508 e. The third-order valence-electron chi connectivity index (χ3n) is 3.15. The molecule has 16 heavy (non-hydrogen) atoms. The van der Waals surface area contributed by atoms with Crippen molar-refractivity contribution in [2.24, 2.45) is 0 Å². The maximum Gasteiger partial charge on any atom is 0.120 e. The fourth-order valence-electron chi connectivity index (χ4n) is 2.07. The van der Waals surface area contributed by atoms with Gasteiger partial charge in [-0.15, -0.1) is 0 Å². The van der Waals surface area contributed by atoms with Crippen LogP contribution in [0.5, 0.6) is 5.75 Å². The van der Waals surface area contributed by atoms with Crippen LogP contribution in [-0.2, 0) is 6.54 Å². The van der Waals surface area contributed by atoms with Gasteiger partial charge in [-0.25, -0.2) is 0 Å². The molecule has 1 aromatic carbocycles. The van der Waals surface area contributed by atoms with E-state index in [4.69, 9.17) is 0 Å². The van der Waals surface area contributed by atoms with Crippen molar-refractivity contribution in [1.29, 1.82) is 0 Å². The van der Waals surface area contributed by atoms with Gasteiger partial charge >= 0.3 is 0 Å². The van der Waals surface area contributed by atoms with Crippen molar-refractivity contribution in [3.63, 3.8) is 0 Å². The SMILES string of the molecule is CCCN(Cc1ccccc1O)C1CNC1. The quantitative estimate of drug-likeness (QED) is 0.791. The first kappa shape index (κ1) is 11.4. The Morgan fingerprint density at radius 2 is 2.12 bits per heavy atom. The Labute approximate surface area is 97.1 Å². The van der Waals surface area contributed by atoms with Crippen LogP contribution < -0.4 is 5.32 Å². The summed E-state index contributed by atoms with van der Waals surface area (Å²) in [5.41, 5.74) is 1.03. The molecule has 3 nitrogen and oxygen atoms in total. The third kappa shape index (κ3) is 2.54. The molecule has 1 heterocycles. The fraction of sp³-hybridized carbons (Fsp3) is 0.538. The molecule has 1 aliphatic heterocycles. The summed E-state index contributed by atoms with van der Waals surface area (Å²) in [7, 11) is 0. The van der Waals surface area contributed by atoms with Gasteiger partial charge in [0.25, 0.3) is 0 Å². The lowest BCUT2D eigenvalue weighted by molar-refractivity contribution is 0.136. The van der Waals surface area contributed by atoms with E-state index in [9.17, 15) is 5.11 Å². The summed E-state index contributed by atoms with van der Waals surface area (Å²) in [4.78, 5) is 2.45. The van der Waals surface area contributed by atoms with Gasteiger partial charge in [-0.3, -0.25) is 4.90 Å². The predicted molar refractivity (Wildman–Crippen MR) is 65.5 cm³/mol. The van der Waals surface area contributed by atoms with E-state index in [1.165, 1.54) is 0 Å². The van der Waals surface area contributed by atoms with Crippen molar-refractivity contribution >= 4 is 0 Å². The van der Waals surface area contributed by atoms with Crippen LogP contribution in [0.4, 0.5) is 0 Å². The first-order chi connectivity index (χ1) is 7.81. The Balaban J connectivity index is 2.01. The van der Waals surface area contributed by atoms with Crippen LogP contribution in [0.25, 0.3) is 0 Å². The van der Waals surface area contributed by atoms with Crippen molar-refractivity contribution in [2.45, 2.75) is 25.9 Å². The third-order valence-corrected chi connectivity index (χ3v) is 3.15. The zero-order valence-corrected chi connectivity index (χ0v) is 9.82. The highest BCUT2D eigenvalue weighted by Gasteiger charge is 2.24. The van der Waals surface area contributed by atoms with Crippen LogP contribution in [0.1, 0.15) is 18.9 Å². The van der Waals surface area contributed by atoms with Gasteiger partial charge in [0.15, 0.2) is 0 Å². The van der Waals surface area contributed by atoms with E-state index in [1.807, 2.05) is 18.2 Å². The molecule has 0 unspecified atom stereocenters. The first-order valence-electron chi connectivity index (χ1n) is 6.03. The molecule has 0 amide bonds. The maximum absolute atomic E-state index is 9.76. The number of phenols is 1. The summed E-state index contributed by atoms with van der Waals surface area (Å²) in [5.74, 6) is 0.413. The molecule has 1 aromatic rings. The normalized spacial score (nSPS) is 16.4. The van der Waals surface area contributed by atoms with Gasteiger partial charge in [0, 0.05) is 31.2 Å². The number of hydrogen-bond acceptors (Lipinski definition) is 3. The number of benzene rings is 1. The summed E-state index contributed by atoms with van der Waals surface area (Å²) in [6.45, 7) is 6.30. The van der Waals surface area contributed by atoms with Gasteiger partial charge in [0.05, 0.1) is 0 Å². The van der Waals surface area contributed by atoms with Gasteiger partial charge in [0.1, 0.15) is 5.75 Å². The molecular weight excluding hydrogens is 200 g/mol. The number of nitrogens with zero attached hydrogens (tertiary/aromatic N) is 1. The summed E-state index contributed by atoms with van der Waals surface area (Å²) < 4.78 is 0. The lowest BCUT2D eigenvalue weighted by Crippen LogP contribution is -2.56. The first-order valence-corrected chi connectivity index (χ1v) is 6.03. The van der Waals surface area contributed by atoms with E-state index < -0.39 is 0 Å². The van der Waals surface area contributed by atoms with Gasteiger partial charge < -0.3 is 10.4 Å². The Bertz CT molecular complexity index is 336. The molecule has 0 bridgehead atoms. The summed E-state index contributed by atoms with van der Waals surface area (Å²) in [5, 5.41) is 13.1. The minimum absolute atomic E-state index is 0.413. The van der Waals surface area contributed by atoms with Crippen molar-refractivity contribution in [3.05, 3.63) is 29.8 Å². The van der Waals surface area contributed by atoms with E-state index in [0.29, 0.717) is 11.8 Å². The number of hydrogen-bond donors (Lipinski definition) is 2. The number of rotatable bonds is 5. The molecule has 0 radical (unpaired) electrons. The Kier molecular flexibility index (Phi) is 3.80. The Morgan fingerprint density at radius 1 is 1.38 bits per heavy atom. The van der Waals surface area contributed by atoms with Crippen molar-refractivity contribution in [1.82, 2.24) is 10.2 Å². The smallest absolute Gasteiger partial charge is 0.120 e. The molecule has 2 N–H and O–H groups in total. The minimum atomic E-state index is 0.413. The number of para-hydroxylation sites is 1. The van der Waals surface area contributed by atoms with Gasteiger partial charge in [-0.1, -0.05) is 25.1 Å². The molecule has 0 aliphatic carbocycles. The van der Waals surface area contributed by atoms with Crippen LogP contribution >= 0.6 is 0 Å². The molecule has 0 atom stereocenters. The van der Waals surface area contributed by atoms with E-state index in [0.717, 1.165) is 38.2 Å². The second kappa shape index (κ2) is 5.32. The molecule has 88 valence electrons. The highest BCUT2D eigenvalue weighted by atomic mass is 16.3. The zero-order valence-electron chi connectivity index (χ0n) is 9.82. The second-order valence-electron chi connectivity index (χ2n) is 4.41. The van der Waals surface area contributed by atoms with Crippen LogP contribution in [0.3, 0.4) is 0 Å². The van der Waals surface area contributed by atoms with Crippen molar-refractivity contribution < 1.29 is 5.11 Å². The second-order valence-corrected chi connectivity index (χ2v) is 4.41. The number of aromatic hydroxyl groups is 1. The molecule has 0 spiro atoms. The lowest BCUT2D eigenvalue weighted by atomic mass is 10.1. The monoisotopic (exact) mass is 220 g/mol. The maximum atomic E-state index is 9.76. The average molecular weight is 220 g/mol. The summed E-state index contributed by atoms with van der Waals surface area (Å²) in [6.07, 6.45) is 1.16. The molecule has 0 saturated carbocycles. The summed E-state index contributed by atoms with van der Waals surface area (Å²) in [6, 6.07) is 8.26. The van der Waals surface area contributed by atoms with Crippen LogP contribution in [0.2, 0.25) is 0 Å². The molecular formula is C13H20N2O. The molecule has 0 aromatic heterocycles.